The number of halogens is 2. The zero-order valence-corrected chi connectivity index (χ0v) is 13.5. The molecule has 4 heteroatoms. The molecule has 0 radical (unpaired) electrons. The fraction of sp³-hybridized carbons (Fsp3) is 0.294. The summed E-state index contributed by atoms with van der Waals surface area (Å²) in [5.74, 6) is 0.811. The molecule has 110 valence electrons. The quantitative estimate of drug-likeness (QED) is 0.896. The molecule has 0 spiro atoms. The molecule has 2 nitrogen and oxygen atoms in total. The van der Waals surface area contributed by atoms with Crippen LogP contribution in [0.2, 0.25) is 0 Å². The largest absolute Gasteiger partial charge is 0.493 e. The van der Waals surface area contributed by atoms with Gasteiger partial charge in [0.15, 0.2) is 0 Å². The van der Waals surface area contributed by atoms with Crippen molar-refractivity contribution in [2.75, 3.05) is 6.61 Å². The summed E-state index contributed by atoms with van der Waals surface area (Å²) in [5, 5.41) is 3.38. The Morgan fingerprint density at radius 2 is 2.00 bits per heavy atom. The van der Waals surface area contributed by atoms with Gasteiger partial charge in [-0.05, 0) is 47.9 Å². The molecule has 0 atom stereocenters. The molecule has 3 rings (SSSR count). The molecule has 2 aromatic rings. The van der Waals surface area contributed by atoms with E-state index in [0.29, 0.717) is 13.1 Å². The molecule has 0 aliphatic carbocycles. The molecule has 0 bridgehead atoms. The lowest BCUT2D eigenvalue weighted by atomic mass is 10.1. The van der Waals surface area contributed by atoms with Gasteiger partial charge >= 0.3 is 0 Å². The molecule has 0 fully saturated rings. The second kappa shape index (κ2) is 6.16. The average molecular weight is 350 g/mol. The van der Waals surface area contributed by atoms with Crippen molar-refractivity contribution in [2.45, 2.75) is 26.4 Å². The van der Waals surface area contributed by atoms with Crippen LogP contribution >= 0.6 is 15.9 Å². The summed E-state index contributed by atoms with van der Waals surface area (Å²) < 4.78 is 20.1. The molecule has 1 aliphatic heterocycles. The molecule has 0 unspecified atom stereocenters. The first-order valence-corrected chi connectivity index (χ1v) is 7.82. The average Bonchev–Trinajstić information content (AvgIpc) is 2.90. The van der Waals surface area contributed by atoms with E-state index in [2.05, 4.69) is 33.4 Å². The van der Waals surface area contributed by atoms with E-state index in [4.69, 9.17) is 4.74 Å². The number of hydrogen-bond acceptors (Lipinski definition) is 2. The van der Waals surface area contributed by atoms with Gasteiger partial charge in [-0.1, -0.05) is 22.0 Å². The number of benzene rings is 2. The standard InChI is InChI=1S/C17H17BrFNO/c1-11-2-3-16(19)8-13(11)9-20-10-14-7-15(18)6-12-4-5-21-17(12)14/h2-3,6-8,20H,4-5,9-10H2,1H3. The van der Waals surface area contributed by atoms with Crippen LogP contribution in [0, 0.1) is 12.7 Å². The fourth-order valence-electron chi connectivity index (χ4n) is 2.64. The van der Waals surface area contributed by atoms with Crippen LogP contribution in [0.4, 0.5) is 4.39 Å². The summed E-state index contributed by atoms with van der Waals surface area (Å²) in [7, 11) is 0. The monoisotopic (exact) mass is 349 g/mol. The predicted octanol–water partition coefficient (Wildman–Crippen LogP) is 4.12. The predicted molar refractivity (Wildman–Crippen MR) is 85.0 cm³/mol. The van der Waals surface area contributed by atoms with Gasteiger partial charge in [0.1, 0.15) is 11.6 Å². The van der Waals surface area contributed by atoms with Gasteiger partial charge in [0.25, 0.3) is 0 Å². The Kier molecular flexibility index (Phi) is 4.27. The van der Waals surface area contributed by atoms with E-state index in [-0.39, 0.29) is 5.82 Å². The number of fused-ring (bicyclic) bond motifs is 1. The van der Waals surface area contributed by atoms with Crippen LogP contribution in [0.1, 0.15) is 22.3 Å². The van der Waals surface area contributed by atoms with Gasteiger partial charge in [0, 0.05) is 29.5 Å². The maximum absolute atomic E-state index is 13.3. The number of aryl methyl sites for hydroxylation is 1. The van der Waals surface area contributed by atoms with E-state index < -0.39 is 0 Å². The van der Waals surface area contributed by atoms with Gasteiger partial charge in [-0.15, -0.1) is 0 Å². The highest BCUT2D eigenvalue weighted by Crippen LogP contribution is 2.32. The first-order chi connectivity index (χ1) is 10.1. The van der Waals surface area contributed by atoms with Gasteiger partial charge in [-0.25, -0.2) is 4.39 Å². The molecule has 0 amide bonds. The molecule has 21 heavy (non-hydrogen) atoms. The second-order valence-electron chi connectivity index (χ2n) is 5.33. The lowest BCUT2D eigenvalue weighted by Crippen LogP contribution is -2.14. The summed E-state index contributed by atoms with van der Waals surface area (Å²) >= 11 is 3.54. The number of rotatable bonds is 4. The van der Waals surface area contributed by atoms with Gasteiger partial charge in [-0.2, -0.15) is 0 Å². The summed E-state index contributed by atoms with van der Waals surface area (Å²) in [6.07, 6.45) is 0.963. The zero-order valence-electron chi connectivity index (χ0n) is 11.9. The van der Waals surface area contributed by atoms with Gasteiger partial charge in [0.2, 0.25) is 0 Å². The highest BCUT2D eigenvalue weighted by molar-refractivity contribution is 9.10. The minimum absolute atomic E-state index is 0.191. The van der Waals surface area contributed by atoms with Crippen LogP contribution in [0.25, 0.3) is 0 Å². The van der Waals surface area contributed by atoms with Crippen molar-refractivity contribution in [3.63, 3.8) is 0 Å². The first kappa shape index (κ1) is 14.5. The highest BCUT2D eigenvalue weighted by atomic mass is 79.9. The summed E-state index contributed by atoms with van der Waals surface area (Å²) in [5.41, 5.74) is 4.48. The highest BCUT2D eigenvalue weighted by Gasteiger charge is 2.17. The third-order valence-electron chi connectivity index (χ3n) is 3.77. The molecular formula is C17H17BrFNO. The Labute approximate surface area is 132 Å². The van der Waals surface area contributed by atoms with E-state index in [1.54, 1.807) is 6.07 Å². The second-order valence-corrected chi connectivity index (χ2v) is 6.24. The molecule has 2 aromatic carbocycles. The van der Waals surface area contributed by atoms with Gasteiger partial charge in [0.05, 0.1) is 6.61 Å². The maximum Gasteiger partial charge on any atom is 0.127 e. The van der Waals surface area contributed by atoms with Crippen LogP contribution in [0.15, 0.2) is 34.8 Å². The van der Waals surface area contributed by atoms with Crippen LogP contribution in [0.3, 0.4) is 0 Å². The Bertz CT molecular complexity index is 672. The minimum atomic E-state index is -0.191. The number of ether oxygens (including phenoxy) is 1. The normalized spacial score (nSPS) is 13.1. The Hall–Kier alpha value is -1.39. The minimum Gasteiger partial charge on any atom is -0.493 e. The molecule has 1 heterocycles. The van der Waals surface area contributed by atoms with Crippen molar-refractivity contribution in [1.29, 1.82) is 0 Å². The summed E-state index contributed by atoms with van der Waals surface area (Å²) in [4.78, 5) is 0. The van der Waals surface area contributed by atoms with Crippen LogP contribution in [-0.2, 0) is 19.5 Å². The smallest absolute Gasteiger partial charge is 0.127 e. The van der Waals surface area contributed by atoms with E-state index in [1.165, 1.54) is 11.6 Å². The maximum atomic E-state index is 13.3. The summed E-state index contributed by atoms with van der Waals surface area (Å²) in [6.45, 7) is 4.10. The van der Waals surface area contributed by atoms with Gasteiger partial charge in [-0.3, -0.25) is 0 Å². The zero-order chi connectivity index (χ0) is 14.8. The van der Waals surface area contributed by atoms with Crippen molar-refractivity contribution >= 4 is 15.9 Å². The molecular weight excluding hydrogens is 333 g/mol. The van der Waals surface area contributed by atoms with Crippen molar-refractivity contribution < 1.29 is 9.13 Å². The van der Waals surface area contributed by atoms with Crippen molar-refractivity contribution in [1.82, 2.24) is 5.32 Å². The Morgan fingerprint density at radius 3 is 2.86 bits per heavy atom. The Balaban J connectivity index is 1.70. The third-order valence-corrected chi connectivity index (χ3v) is 4.23. The molecule has 1 aliphatic rings. The first-order valence-electron chi connectivity index (χ1n) is 7.03. The third kappa shape index (κ3) is 3.27. The van der Waals surface area contributed by atoms with E-state index in [9.17, 15) is 4.39 Å². The molecule has 0 aromatic heterocycles. The van der Waals surface area contributed by atoms with Crippen molar-refractivity contribution in [2.24, 2.45) is 0 Å². The lowest BCUT2D eigenvalue weighted by molar-refractivity contribution is 0.352. The molecule has 0 saturated carbocycles. The van der Waals surface area contributed by atoms with E-state index >= 15 is 0 Å². The van der Waals surface area contributed by atoms with E-state index in [0.717, 1.165) is 39.9 Å². The van der Waals surface area contributed by atoms with Crippen molar-refractivity contribution in [3.8, 4) is 5.75 Å². The fourth-order valence-corrected chi connectivity index (χ4v) is 3.19. The molecule has 0 saturated heterocycles. The van der Waals surface area contributed by atoms with Crippen molar-refractivity contribution in [3.05, 3.63) is 62.9 Å². The van der Waals surface area contributed by atoms with E-state index in [1.807, 2.05) is 13.0 Å². The number of hydrogen-bond donors (Lipinski definition) is 1. The van der Waals surface area contributed by atoms with Crippen LogP contribution in [0.5, 0.6) is 5.75 Å². The summed E-state index contributed by atoms with van der Waals surface area (Å²) in [6, 6.07) is 9.09. The van der Waals surface area contributed by atoms with Gasteiger partial charge < -0.3 is 10.1 Å². The number of nitrogens with one attached hydrogen (secondary N) is 1. The Morgan fingerprint density at radius 1 is 1.19 bits per heavy atom. The SMILES string of the molecule is Cc1ccc(F)cc1CNCc1cc(Br)cc2c1OCC2. The van der Waals surface area contributed by atoms with Crippen LogP contribution < -0.4 is 10.1 Å². The molecule has 1 N–H and O–H groups in total. The van der Waals surface area contributed by atoms with Crippen LogP contribution in [-0.4, -0.2) is 6.61 Å². The topological polar surface area (TPSA) is 21.3 Å². The lowest BCUT2D eigenvalue weighted by Gasteiger charge is -2.11.